The standard InChI is InChI=1S/C26H29F2N3O4/c1-3-17-5-4-6-18(9-17)14-29-15-23(33)22(12-19-10-20(27)13-21(28)11-19)31-26(34)24-7-8-25(35-24)30-16(2)32/h4-11,13,22-23,29,33H,3,12,14-15H2,1-2H3,(H,30,32)(H,31,34)/t22-,23+/m0/s1. The topological polar surface area (TPSA) is 104 Å². The lowest BCUT2D eigenvalue weighted by Crippen LogP contribution is -2.48. The van der Waals surface area contributed by atoms with Gasteiger partial charge in [-0.3, -0.25) is 14.9 Å². The first-order valence-electron chi connectivity index (χ1n) is 11.3. The number of amides is 2. The Morgan fingerprint density at radius 3 is 2.40 bits per heavy atom. The number of rotatable bonds is 11. The second-order valence-corrected chi connectivity index (χ2v) is 8.28. The van der Waals surface area contributed by atoms with Gasteiger partial charge in [0.05, 0.1) is 12.1 Å². The van der Waals surface area contributed by atoms with E-state index in [2.05, 4.69) is 28.9 Å². The average Bonchev–Trinajstić information content (AvgIpc) is 3.26. The Hall–Kier alpha value is -3.56. The lowest BCUT2D eigenvalue weighted by atomic mass is 10.00. The molecule has 2 amide bonds. The first-order chi connectivity index (χ1) is 16.7. The van der Waals surface area contributed by atoms with Gasteiger partial charge in [0.25, 0.3) is 5.91 Å². The molecule has 2 aromatic carbocycles. The molecule has 1 aromatic heterocycles. The first kappa shape index (κ1) is 26.1. The Bertz CT molecular complexity index is 1140. The van der Waals surface area contributed by atoms with Crippen molar-refractivity contribution in [1.29, 1.82) is 0 Å². The molecule has 4 N–H and O–H groups in total. The zero-order valence-corrected chi connectivity index (χ0v) is 19.6. The van der Waals surface area contributed by atoms with Gasteiger partial charge in [-0.2, -0.15) is 0 Å². The van der Waals surface area contributed by atoms with E-state index in [1.807, 2.05) is 18.2 Å². The van der Waals surface area contributed by atoms with E-state index in [9.17, 15) is 23.5 Å². The number of furan rings is 1. The van der Waals surface area contributed by atoms with E-state index in [1.165, 1.54) is 24.6 Å². The van der Waals surface area contributed by atoms with Crippen molar-refractivity contribution in [3.63, 3.8) is 0 Å². The Balaban J connectivity index is 1.70. The van der Waals surface area contributed by atoms with Gasteiger partial charge in [-0.1, -0.05) is 31.2 Å². The number of aliphatic hydroxyl groups is 1. The summed E-state index contributed by atoms with van der Waals surface area (Å²) in [7, 11) is 0. The Labute approximate surface area is 202 Å². The first-order valence-corrected chi connectivity index (χ1v) is 11.3. The lowest BCUT2D eigenvalue weighted by molar-refractivity contribution is -0.114. The zero-order chi connectivity index (χ0) is 25.4. The molecule has 2 atom stereocenters. The second kappa shape index (κ2) is 12.2. The third kappa shape index (κ3) is 8.01. The van der Waals surface area contributed by atoms with Crippen molar-refractivity contribution in [3.05, 3.63) is 88.7 Å². The number of aryl methyl sites for hydroxylation is 1. The maximum atomic E-state index is 13.7. The van der Waals surface area contributed by atoms with Crippen LogP contribution in [0.4, 0.5) is 14.7 Å². The molecule has 0 aliphatic heterocycles. The van der Waals surface area contributed by atoms with Crippen LogP contribution in [0, 0.1) is 11.6 Å². The zero-order valence-electron chi connectivity index (χ0n) is 19.6. The fourth-order valence-electron chi connectivity index (χ4n) is 3.67. The number of halogens is 2. The van der Waals surface area contributed by atoms with Gasteiger partial charge in [-0.25, -0.2) is 8.78 Å². The van der Waals surface area contributed by atoms with E-state index in [0.717, 1.165) is 30.2 Å². The number of benzene rings is 2. The van der Waals surface area contributed by atoms with E-state index < -0.39 is 29.7 Å². The minimum absolute atomic E-state index is 0.0200. The summed E-state index contributed by atoms with van der Waals surface area (Å²) in [5.41, 5.74) is 2.52. The van der Waals surface area contributed by atoms with Gasteiger partial charge < -0.3 is 20.2 Å². The van der Waals surface area contributed by atoms with Gasteiger partial charge in [-0.05, 0) is 47.7 Å². The normalized spacial score (nSPS) is 12.7. The number of carbonyl (C=O) groups is 2. The van der Waals surface area contributed by atoms with E-state index in [4.69, 9.17) is 4.42 Å². The fourth-order valence-corrected chi connectivity index (χ4v) is 3.67. The van der Waals surface area contributed by atoms with Crippen LogP contribution in [0.1, 0.15) is 41.1 Å². The van der Waals surface area contributed by atoms with Gasteiger partial charge in [0.2, 0.25) is 5.91 Å². The van der Waals surface area contributed by atoms with E-state index in [0.29, 0.717) is 6.54 Å². The number of nitrogens with one attached hydrogen (secondary N) is 3. The number of aliphatic hydroxyl groups excluding tert-OH is 1. The summed E-state index contributed by atoms with van der Waals surface area (Å²) in [5, 5.41) is 19.1. The monoisotopic (exact) mass is 485 g/mol. The molecular formula is C26H29F2N3O4. The Morgan fingerprint density at radius 1 is 1.00 bits per heavy atom. The van der Waals surface area contributed by atoms with Crippen LogP contribution in [-0.2, 0) is 24.2 Å². The van der Waals surface area contributed by atoms with Crippen molar-refractivity contribution in [2.75, 3.05) is 11.9 Å². The molecule has 0 unspecified atom stereocenters. The summed E-state index contributed by atoms with van der Waals surface area (Å²) in [5.74, 6) is -2.48. The molecule has 0 bridgehead atoms. The highest BCUT2D eigenvalue weighted by molar-refractivity contribution is 5.93. The van der Waals surface area contributed by atoms with Gasteiger partial charge in [0.15, 0.2) is 11.6 Å². The summed E-state index contributed by atoms with van der Waals surface area (Å²) in [6.07, 6.45) is -0.191. The van der Waals surface area contributed by atoms with Gasteiger partial charge in [0.1, 0.15) is 11.6 Å². The van der Waals surface area contributed by atoms with E-state index >= 15 is 0 Å². The third-order valence-electron chi connectivity index (χ3n) is 5.37. The van der Waals surface area contributed by atoms with Crippen molar-refractivity contribution in [2.45, 2.75) is 45.4 Å². The quantitative estimate of drug-likeness (QED) is 0.333. The highest BCUT2D eigenvalue weighted by Crippen LogP contribution is 2.16. The molecule has 1 heterocycles. The molecule has 3 aromatic rings. The molecule has 0 spiro atoms. The maximum absolute atomic E-state index is 13.7. The number of hydrogen-bond acceptors (Lipinski definition) is 5. The molecule has 0 radical (unpaired) electrons. The summed E-state index contributed by atoms with van der Waals surface area (Å²) in [6.45, 7) is 3.99. The fraction of sp³-hybridized carbons (Fsp3) is 0.308. The van der Waals surface area contributed by atoms with Crippen LogP contribution in [0.3, 0.4) is 0 Å². The molecule has 7 nitrogen and oxygen atoms in total. The maximum Gasteiger partial charge on any atom is 0.287 e. The van der Waals surface area contributed by atoms with Crippen LogP contribution in [0.5, 0.6) is 0 Å². The number of hydrogen-bond donors (Lipinski definition) is 4. The molecule has 0 saturated heterocycles. The molecule has 0 saturated carbocycles. The van der Waals surface area contributed by atoms with Crippen molar-refractivity contribution >= 4 is 17.7 Å². The molecule has 3 rings (SSSR count). The number of anilines is 1. The summed E-state index contributed by atoms with van der Waals surface area (Å²) >= 11 is 0. The van der Waals surface area contributed by atoms with Gasteiger partial charge in [0, 0.05) is 32.1 Å². The molecule has 35 heavy (non-hydrogen) atoms. The summed E-state index contributed by atoms with van der Waals surface area (Å²) in [6, 6.07) is 13.0. The molecule has 0 aliphatic rings. The molecular weight excluding hydrogens is 456 g/mol. The average molecular weight is 486 g/mol. The largest absolute Gasteiger partial charge is 0.435 e. The molecule has 186 valence electrons. The number of carbonyl (C=O) groups excluding carboxylic acids is 2. The smallest absolute Gasteiger partial charge is 0.287 e. The van der Waals surface area contributed by atoms with Crippen LogP contribution in [0.25, 0.3) is 0 Å². The summed E-state index contributed by atoms with van der Waals surface area (Å²) < 4.78 is 32.8. The van der Waals surface area contributed by atoms with Gasteiger partial charge >= 0.3 is 0 Å². The van der Waals surface area contributed by atoms with Crippen molar-refractivity contribution < 1.29 is 27.9 Å². The highest BCUT2D eigenvalue weighted by Gasteiger charge is 2.24. The van der Waals surface area contributed by atoms with Crippen LogP contribution in [0.2, 0.25) is 0 Å². The molecule has 0 aliphatic carbocycles. The summed E-state index contributed by atoms with van der Waals surface area (Å²) in [4.78, 5) is 23.9. The van der Waals surface area contributed by atoms with Crippen molar-refractivity contribution in [2.24, 2.45) is 0 Å². The Morgan fingerprint density at radius 2 is 1.71 bits per heavy atom. The highest BCUT2D eigenvalue weighted by atomic mass is 19.1. The van der Waals surface area contributed by atoms with Crippen LogP contribution >= 0.6 is 0 Å². The minimum atomic E-state index is -1.08. The second-order valence-electron chi connectivity index (χ2n) is 8.28. The van der Waals surface area contributed by atoms with E-state index in [-0.39, 0.29) is 36.1 Å². The lowest BCUT2D eigenvalue weighted by Gasteiger charge is -2.24. The molecule has 0 fully saturated rings. The van der Waals surface area contributed by atoms with Crippen LogP contribution in [-0.4, -0.2) is 35.6 Å². The van der Waals surface area contributed by atoms with E-state index in [1.54, 1.807) is 0 Å². The van der Waals surface area contributed by atoms with Crippen molar-refractivity contribution in [1.82, 2.24) is 10.6 Å². The van der Waals surface area contributed by atoms with Crippen LogP contribution < -0.4 is 16.0 Å². The van der Waals surface area contributed by atoms with Crippen molar-refractivity contribution in [3.8, 4) is 0 Å². The minimum Gasteiger partial charge on any atom is -0.435 e. The van der Waals surface area contributed by atoms with Crippen LogP contribution in [0.15, 0.2) is 59.0 Å². The SMILES string of the molecule is CCc1cccc(CNC[C@@H](O)[C@H](Cc2cc(F)cc(F)c2)NC(=O)c2ccc(NC(C)=O)o2)c1. The predicted octanol–water partition coefficient (Wildman–Crippen LogP) is 3.57. The predicted molar refractivity (Wildman–Crippen MR) is 128 cm³/mol. The van der Waals surface area contributed by atoms with Gasteiger partial charge in [-0.15, -0.1) is 0 Å². The molecule has 9 heteroatoms. The third-order valence-corrected chi connectivity index (χ3v) is 5.37. The Kier molecular flexibility index (Phi) is 9.11.